The third-order valence-corrected chi connectivity index (χ3v) is 2.70. The zero-order valence-corrected chi connectivity index (χ0v) is 8.31. The highest BCUT2D eigenvalue weighted by Crippen LogP contribution is 2.20. The molecular formula is C10H21NO. The average molecular weight is 171 g/mol. The van der Waals surface area contributed by atoms with Gasteiger partial charge in [0, 0.05) is 12.6 Å². The Morgan fingerprint density at radius 3 is 2.67 bits per heavy atom. The van der Waals surface area contributed by atoms with Crippen LogP contribution in [0, 0.1) is 0 Å². The summed E-state index contributed by atoms with van der Waals surface area (Å²) in [5.41, 5.74) is 0. The number of hydrogen-bond donors (Lipinski definition) is 1. The van der Waals surface area contributed by atoms with Crippen molar-refractivity contribution >= 4 is 0 Å². The summed E-state index contributed by atoms with van der Waals surface area (Å²) in [6, 6.07) is 0.590. The van der Waals surface area contributed by atoms with Gasteiger partial charge in [-0.2, -0.15) is 0 Å². The van der Waals surface area contributed by atoms with Gasteiger partial charge < -0.3 is 10.1 Å². The molecule has 2 unspecified atom stereocenters. The fourth-order valence-corrected chi connectivity index (χ4v) is 2.02. The maximum absolute atomic E-state index is 5.70. The van der Waals surface area contributed by atoms with Crippen LogP contribution in [-0.2, 0) is 4.74 Å². The van der Waals surface area contributed by atoms with Gasteiger partial charge in [-0.1, -0.05) is 19.3 Å². The van der Waals surface area contributed by atoms with E-state index in [1.807, 2.05) is 7.05 Å². The van der Waals surface area contributed by atoms with Gasteiger partial charge in [0.05, 0.1) is 6.10 Å². The van der Waals surface area contributed by atoms with E-state index in [0.717, 1.165) is 6.61 Å². The largest absolute Gasteiger partial charge is 0.377 e. The van der Waals surface area contributed by atoms with E-state index in [9.17, 15) is 0 Å². The molecule has 1 rings (SSSR count). The molecule has 12 heavy (non-hydrogen) atoms. The second-order valence-corrected chi connectivity index (χ2v) is 3.53. The lowest BCUT2D eigenvalue weighted by Crippen LogP contribution is -2.38. The molecule has 72 valence electrons. The van der Waals surface area contributed by atoms with Gasteiger partial charge in [-0.25, -0.2) is 0 Å². The van der Waals surface area contributed by atoms with Gasteiger partial charge in [-0.15, -0.1) is 0 Å². The molecule has 0 aromatic heterocycles. The molecule has 0 amide bonds. The number of rotatable bonds is 3. The molecule has 0 aromatic carbocycles. The molecule has 1 aliphatic carbocycles. The Morgan fingerprint density at radius 2 is 2.00 bits per heavy atom. The first-order valence-corrected chi connectivity index (χ1v) is 5.17. The Labute approximate surface area is 75.7 Å². The molecule has 2 atom stereocenters. The number of ether oxygens (including phenoxy) is 1. The Morgan fingerprint density at radius 1 is 1.25 bits per heavy atom. The summed E-state index contributed by atoms with van der Waals surface area (Å²) in [6.07, 6.45) is 7.04. The number of likely N-dealkylation sites (N-methyl/N-ethyl adjacent to an activating group) is 1. The van der Waals surface area contributed by atoms with Crippen LogP contribution in [0.3, 0.4) is 0 Å². The monoisotopic (exact) mass is 171 g/mol. The van der Waals surface area contributed by atoms with E-state index in [4.69, 9.17) is 4.74 Å². The van der Waals surface area contributed by atoms with Gasteiger partial charge >= 0.3 is 0 Å². The molecule has 2 heteroatoms. The topological polar surface area (TPSA) is 21.3 Å². The molecular weight excluding hydrogens is 150 g/mol. The smallest absolute Gasteiger partial charge is 0.0727 e. The fourth-order valence-electron chi connectivity index (χ4n) is 2.02. The van der Waals surface area contributed by atoms with Crippen molar-refractivity contribution in [2.75, 3.05) is 13.7 Å². The van der Waals surface area contributed by atoms with Crippen LogP contribution >= 0.6 is 0 Å². The molecule has 1 saturated carbocycles. The van der Waals surface area contributed by atoms with E-state index in [1.54, 1.807) is 0 Å². The summed E-state index contributed by atoms with van der Waals surface area (Å²) in [5, 5.41) is 3.35. The lowest BCUT2D eigenvalue weighted by Gasteiger charge is -2.24. The van der Waals surface area contributed by atoms with Crippen molar-refractivity contribution in [1.82, 2.24) is 5.32 Å². The molecule has 0 saturated heterocycles. The molecule has 1 fully saturated rings. The standard InChI is InChI=1S/C10H21NO/c1-3-12-10-8-6-4-5-7-9(10)11-2/h9-11H,3-8H2,1-2H3. The summed E-state index contributed by atoms with van der Waals surface area (Å²) in [7, 11) is 2.04. The average Bonchev–Trinajstić information content (AvgIpc) is 2.30. The number of nitrogens with one attached hydrogen (secondary N) is 1. The zero-order chi connectivity index (χ0) is 8.81. The summed E-state index contributed by atoms with van der Waals surface area (Å²) in [6.45, 7) is 2.93. The molecule has 0 aromatic rings. The highest BCUT2D eigenvalue weighted by molar-refractivity contribution is 4.78. The SMILES string of the molecule is CCOC1CCCCCC1NC. The Balaban J connectivity index is 2.39. The second kappa shape index (κ2) is 5.55. The van der Waals surface area contributed by atoms with Crippen LogP contribution in [0.25, 0.3) is 0 Å². The maximum Gasteiger partial charge on any atom is 0.0727 e. The Bertz CT molecular complexity index is 116. The maximum atomic E-state index is 5.70. The lowest BCUT2D eigenvalue weighted by molar-refractivity contribution is 0.0321. The van der Waals surface area contributed by atoms with Crippen LogP contribution in [0.5, 0.6) is 0 Å². The summed E-state index contributed by atoms with van der Waals surface area (Å²) >= 11 is 0. The van der Waals surface area contributed by atoms with Gasteiger partial charge in [0.1, 0.15) is 0 Å². The molecule has 0 radical (unpaired) electrons. The van der Waals surface area contributed by atoms with E-state index in [1.165, 1.54) is 32.1 Å². The highest BCUT2D eigenvalue weighted by Gasteiger charge is 2.21. The Hall–Kier alpha value is -0.0800. The highest BCUT2D eigenvalue weighted by atomic mass is 16.5. The van der Waals surface area contributed by atoms with Crippen molar-refractivity contribution < 1.29 is 4.74 Å². The number of hydrogen-bond acceptors (Lipinski definition) is 2. The van der Waals surface area contributed by atoms with E-state index < -0.39 is 0 Å². The van der Waals surface area contributed by atoms with Crippen molar-refractivity contribution in [3.05, 3.63) is 0 Å². The predicted octanol–water partition coefficient (Wildman–Crippen LogP) is 1.94. The van der Waals surface area contributed by atoms with Gasteiger partial charge in [-0.05, 0) is 26.8 Å². The third kappa shape index (κ3) is 2.76. The van der Waals surface area contributed by atoms with Gasteiger partial charge in [0.25, 0.3) is 0 Å². The molecule has 0 aliphatic heterocycles. The van der Waals surface area contributed by atoms with Crippen molar-refractivity contribution in [3.63, 3.8) is 0 Å². The fraction of sp³-hybridized carbons (Fsp3) is 1.00. The predicted molar refractivity (Wildman–Crippen MR) is 51.3 cm³/mol. The minimum Gasteiger partial charge on any atom is -0.377 e. The van der Waals surface area contributed by atoms with Gasteiger partial charge in [0.15, 0.2) is 0 Å². The first kappa shape index (κ1) is 10.0. The molecule has 0 spiro atoms. The van der Waals surface area contributed by atoms with E-state index in [2.05, 4.69) is 12.2 Å². The van der Waals surface area contributed by atoms with Crippen LogP contribution in [0.15, 0.2) is 0 Å². The van der Waals surface area contributed by atoms with Crippen molar-refractivity contribution in [1.29, 1.82) is 0 Å². The minimum absolute atomic E-state index is 0.461. The molecule has 0 heterocycles. The first-order valence-electron chi connectivity index (χ1n) is 5.17. The van der Waals surface area contributed by atoms with E-state index in [-0.39, 0.29) is 0 Å². The summed E-state index contributed by atoms with van der Waals surface area (Å²) < 4.78 is 5.70. The molecule has 1 aliphatic rings. The quantitative estimate of drug-likeness (QED) is 0.655. The lowest BCUT2D eigenvalue weighted by atomic mass is 10.1. The summed E-state index contributed by atoms with van der Waals surface area (Å²) in [5.74, 6) is 0. The van der Waals surface area contributed by atoms with Crippen molar-refractivity contribution in [2.45, 2.75) is 51.2 Å². The minimum atomic E-state index is 0.461. The Kier molecular flexibility index (Phi) is 4.62. The third-order valence-electron chi connectivity index (χ3n) is 2.70. The first-order chi connectivity index (χ1) is 5.88. The van der Waals surface area contributed by atoms with Crippen molar-refractivity contribution in [2.24, 2.45) is 0 Å². The van der Waals surface area contributed by atoms with Crippen LogP contribution in [0.2, 0.25) is 0 Å². The van der Waals surface area contributed by atoms with Crippen LogP contribution in [-0.4, -0.2) is 25.8 Å². The van der Waals surface area contributed by atoms with Gasteiger partial charge in [-0.3, -0.25) is 0 Å². The normalized spacial score (nSPS) is 31.5. The molecule has 2 nitrogen and oxygen atoms in total. The van der Waals surface area contributed by atoms with Crippen LogP contribution in [0.4, 0.5) is 0 Å². The van der Waals surface area contributed by atoms with E-state index >= 15 is 0 Å². The van der Waals surface area contributed by atoms with Crippen LogP contribution < -0.4 is 5.32 Å². The van der Waals surface area contributed by atoms with Crippen molar-refractivity contribution in [3.8, 4) is 0 Å². The van der Waals surface area contributed by atoms with Gasteiger partial charge in [0.2, 0.25) is 0 Å². The zero-order valence-electron chi connectivity index (χ0n) is 8.31. The second-order valence-electron chi connectivity index (χ2n) is 3.53. The summed E-state index contributed by atoms with van der Waals surface area (Å²) in [4.78, 5) is 0. The van der Waals surface area contributed by atoms with E-state index in [0.29, 0.717) is 12.1 Å². The van der Waals surface area contributed by atoms with Crippen LogP contribution in [0.1, 0.15) is 39.0 Å². The molecule has 1 N–H and O–H groups in total. The molecule has 0 bridgehead atoms.